The summed E-state index contributed by atoms with van der Waals surface area (Å²) in [5.74, 6) is -1.57. The van der Waals surface area contributed by atoms with Gasteiger partial charge in [0.25, 0.3) is 10.0 Å². The number of carbonyl (C=O) groups is 2. The molecule has 0 bridgehead atoms. The summed E-state index contributed by atoms with van der Waals surface area (Å²) in [6.45, 7) is 1.43. The Balaban J connectivity index is 1.55. The van der Waals surface area contributed by atoms with Crippen molar-refractivity contribution in [2.75, 3.05) is 17.5 Å². The minimum atomic E-state index is -4.38. The Hall–Kier alpha value is -4.77. The normalized spacial score (nSPS) is 14.1. The fourth-order valence-electron chi connectivity index (χ4n) is 6.02. The first kappa shape index (κ1) is 35.5. The Morgan fingerprint density at radius 2 is 1.43 bits per heavy atom. The van der Waals surface area contributed by atoms with Gasteiger partial charge in [-0.3, -0.25) is 13.9 Å². The monoisotopic (exact) mass is 689 g/mol. The lowest BCUT2D eigenvalue weighted by atomic mass is 9.94. The number of carbonyl (C=O) groups excluding carboxylic acids is 2. The van der Waals surface area contributed by atoms with E-state index in [1.54, 1.807) is 0 Å². The third kappa shape index (κ3) is 9.44. The zero-order valence-corrected chi connectivity index (χ0v) is 28.2. The molecule has 0 unspecified atom stereocenters. The number of amides is 2. The fourth-order valence-corrected chi connectivity index (χ4v) is 7.44. The summed E-state index contributed by atoms with van der Waals surface area (Å²) in [5.41, 5.74) is 1.43. The topological polar surface area (TPSA) is 96.0 Å². The van der Waals surface area contributed by atoms with Crippen LogP contribution in [-0.2, 0) is 32.6 Å². The summed E-state index contributed by atoms with van der Waals surface area (Å²) >= 11 is 0. The van der Waals surface area contributed by atoms with Gasteiger partial charge in [0.05, 0.1) is 17.2 Å². The van der Waals surface area contributed by atoms with Gasteiger partial charge in [0.2, 0.25) is 11.8 Å². The van der Waals surface area contributed by atoms with Gasteiger partial charge in [0.1, 0.15) is 30.0 Å². The molecule has 2 amide bonds. The smallest absolute Gasteiger partial charge is 0.264 e. The first-order valence-electron chi connectivity index (χ1n) is 16.5. The molecule has 1 aliphatic carbocycles. The molecule has 1 fully saturated rings. The van der Waals surface area contributed by atoms with Gasteiger partial charge in [-0.15, -0.1) is 0 Å². The third-order valence-corrected chi connectivity index (χ3v) is 10.4. The van der Waals surface area contributed by atoms with Crippen molar-refractivity contribution in [1.82, 2.24) is 10.2 Å². The van der Waals surface area contributed by atoms with E-state index in [1.807, 2.05) is 37.3 Å². The molecule has 1 saturated carbocycles. The van der Waals surface area contributed by atoms with Crippen LogP contribution in [0.2, 0.25) is 0 Å². The average molecular weight is 690 g/mol. The highest BCUT2D eigenvalue weighted by Gasteiger charge is 2.35. The van der Waals surface area contributed by atoms with Crippen LogP contribution in [0.4, 0.5) is 14.5 Å². The van der Waals surface area contributed by atoms with Crippen LogP contribution in [-0.4, -0.2) is 50.4 Å². The largest absolute Gasteiger partial charge is 0.494 e. The number of rotatable bonds is 14. The van der Waals surface area contributed by atoms with Gasteiger partial charge < -0.3 is 15.0 Å². The van der Waals surface area contributed by atoms with Crippen molar-refractivity contribution in [3.8, 4) is 5.75 Å². The summed E-state index contributed by atoms with van der Waals surface area (Å²) in [7, 11) is -4.38. The van der Waals surface area contributed by atoms with Crippen molar-refractivity contribution >= 4 is 27.5 Å². The second-order valence-electron chi connectivity index (χ2n) is 12.1. The van der Waals surface area contributed by atoms with Crippen molar-refractivity contribution in [1.29, 1.82) is 0 Å². The molecule has 1 N–H and O–H groups in total. The minimum Gasteiger partial charge on any atom is -0.494 e. The number of hydrogen-bond donors (Lipinski definition) is 1. The van der Waals surface area contributed by atoms with Gasteiger partial charge in [-0.2, -0.15) is 0 Å². The van der Waals surface area contributed by atoms with E-state index < -0.39 is 40.2 Å². The van der Waals surface area contributed by atoms with Gasteiger partial charge in [-0.1, -0.05) is 61.7 Å². The standard InChI is InChI=1S/C38H41F2N3O5S/c1-2-48-34-21-23-35(24-22-34)49(46,47)43(33-19-17-31(40)18-20-33)27-37(44)42(26-29-13-15-30(39)16-14-29)36(25-28-9-5-3-6-10-28)38(45)41-32-11-7-4-8-12-32/h3,5-6,9-10,13-24,32,36H,2,4,7-8,11-12,25-27H2,1H3,(H,41,45)/t36-/m1/s1. The fraction of sp³-hybridized carbons (Fsp3) is 0.316. The van der Waals surface area contributed by atoms with E-state index in [0.29, 0.717) is 17.9 Å². The Morgan fingerprint density at radius 3 is 2.04 bits per heavy atom. The number of hydrogen-bond acceptors (Lipinski definition) is 5. The van der Waals surface area contributed by atoms with Crippen LogP contribution in [0.1, 0.15) is 50.2 Å². The summed E-state index contributed by atoms with van der Waals surface area (Å²) in [6, 6.07) is 24.4. The van der Waals surface area contributed by atoms with Crippen LogP contribution in [0, 0.1) is 11.6 Å². The molecule has 1 aliphatic rings. The molecule has 49 heavy (non-hydrogen) atoms. The average Bonchev–Trinajstić information content (AvgIpc) is 3.11. The number of ether oxygens (including phenoxy) is 1. The van der Waals surface area contributed by atoms with Gasteiger partial charge in [0, 0.05) is 19.0 Å². The zero-order chi connectivity index (χ0) is 34.8. The highest BCUT2D eigenvalue weighted by molar-refractivity contribution is 7.92. The van der Waals surface area contributed by atoms with E-state index in [4.69, 9.17) is 4.74 Å². The van der Waals surface area contributed by atoms with E-state index in [-0.39, 0.29) is 35.5 Å². The lowest BCUT2D eigenvalue weighted by Gasteiger charge is -2.35. The Morgan fingerprint density at radius 1 is 0.816 bits per heavy atom. The first-order valence-corrected chi connectivity index (χ1v) is 18.0. The van der Waals surface area contributed by atoms with E-state index in [2.05, 4.69) is 5.32 Å². The van der Waals surface area contributed by atoms with Crippen LogP contribution in [0.3, 0.4) is 0 Å². The van der Waals surface area contributed by atoms with E-state index in [1.165, 1.54) is 65.6 Å². The van der Waals surface area contributed by atoms with Gasteiger partial charge in [-0.05, 0) is 91.6 Å². The number of benzene rings is 4. The molecular formula is C38H41F2N3O5S. The zero-order valence-electron chi connectivity index (χ0n) is 27.4. The van der Waals surface area contributed by atoms with Crippen LogP contribution in [0.5, 0.6) is 5.75 Å². The number of halogens is 2. The van der Waals surface area contributed by atoms with Gasteiger partial charge in [0.15, 0.2) is 0 Å². The molecule has 0 saturated heterocycles. The van der Waals surface area contributed by atoms with E-state index in [9.17, 15) is 26.8 Å². The van der Waals surface area contributed by atoms with Crippen molar-refractivity contribution in [3.63, 3.8) is 0 Å². The van der Waals surface area contributed by atoms with Gasteiger partial charge in [-0.25, -0.2) is 17.2 Å². The van der Waals surface area contributed by atoms with E-state index >= 15 is 0 Å². The number of sulfonamides is 1. The van der Waals surface area contributed by atoms with Crippen molar-refractivity contribution in [3.05, 3.63) is 126 Å². The predicted octanol–water partition coefficient (Wildman–Crippen LogP) is 6.65. The molecule has 4 aromatic rings. The Bertz CT molecular complexity index is 1780. The molecule has 8 nitrogen and oxygen atoms in total. The molecule has 4 aromatic carbocycles. The molecule has 0 aliphatic heterocycles. The lowest BCUT2D eigenvalue weighted by molar-refractivity contribution is -0.140. The highest BCUT2D eigenvalue weighted by Crippen LogP contribution is 2.27. The molecule has 0 heterocycles. The van der Waals surface area contributed by atoms with Crippen molar-refractivity contribution < 1.29 is 31.5 Å². The highest BCUT2D eigenvalue weighted by atomic mass is 32.2. The summed E-state index contributed by atoms with van der Waals surface area (Å²) in [4.78, 5) is 30.0. The SMILES string of the molecule is CCOc1ccc(S(=O)(=O)N(CC(=O)N(Cc2ccc(F)cc2)[C@H](Cc2ccccc2)C(=O)NC2CCCCC2)c2ccc(F)cc2)cc1. The van der Waals surface area contributed by atoms with Crippen LogP contribution >= 0.6 is 0 Å². The lowest BCUT2D eigenvalue weighted by Crippen LogP contribution is -2.55. The number of nitrogens with zero attached hydrogens (tertiary/aromatic N) is 2. The molecule has 0 spiro atoms. The molecule has 0 radical (unpaired) electrons. The second-order valence-corrected chi connectivity index (χ2v) is 14.0. The first-order chi connectivity index (χ1) is 23.6. The maximum atomic E-state index is 14.6. The number of anilines is 1. The van der Waals surface area contributed by atoms with Crippen LogP contribution < -0.4 is 14.4 Å². The van der Waals surface area contributed by atoms with Crippen molar-refractivity contribution in [2.45, 2.75) is 69.0 Å². The molecule has 5 rings (SSSR count). The van der Waals surface area contributed by atoms with Crippen LogP contribution in [0.15, 0.2) is 108 Å². The summed E-state index contributed by atoms with van der Waals surface area (Å²) in [5, 5.41) is 3.15. The Labute approximate surface area is 286 Å². The van der Waals surface area contributed by atoms with Crippen molar-refractivity contribution in [2.24, 2.45) is 0 Å². The second kappa shape index (κ2) is 16.6. The quantitative estimate of drug-likeness (QED) is 0.160. The third-order valence-electron chi connectivity index (χ3n) is 8.61. The molecule has 1 atom stereocenters. The molecule has 11 heteroatoms. The molecular weight excluding hydrogens is 648 g/mol. The van der Waals surface area contributed by atoms with Crippen LogP contribution in [0.25, 0.3) is 0 Å². The minimum absolute atomic E-state index is 0.0435. The summed E-state index contributed by atoms with van der Waals surface area (Å²) in [6.07, 6.45) is 4.89. The molecule has 0 aromatic heterocycles. The molecule has 258 valence electrons. The maximum Gasteiger partial charge on any atom is 0.264 e. The predicted molar refractivity (Wildman–Crippen MR) is 184 cm³/mol. The van der Waals surface area contributed by atoms with E-state index in [0.717, 1.165) is 54.1 Å². The number of nitrogens with one attached hydrogen (secondary N) is 1. The maximum absolute atomic E-state index is 14.6. The summed E-state index contributed by atoms with van der Waals surface area (Å²) < 4.78 is 62.7. The Kier molecular flexibility index (Phi) is 12.0. The van der Waals surface area contributed by atoms with Gasteiger partial charge >= 0.3 is 0 Å².